The van der Waals surface area contributed by atoms with E-state index in [-0.39, 0.29) is 28.6 Å². The fourth-order valence-corrected chi connectivity index (χ4v) is 5.34. The van der Waals surface area contributed by atoms with Crippen molar-refractivity contribution in [3.05, 3.63) is 166 Å². The van der Waals surface area contributed by atoms with Crippen LogP contribution in [-0.4, -0.2) is 28.4 Å². The quantitative estimate of drug-likeness (QED) is 0.0678. The molecule has 0 bridgehead atoms. The van der Waals surface area contributed by atoms with E-state index in [1.54, 1.807) is 59.5 Å². The monoisotopic (exact) mass is 628 g/mol. The van der Waals surface area contributed by atoms with Gasteiger partial charge < -0.3 is 10.6 Å². The van der Waals surface area contributed by atoms with Crippen molar-refractivity contribution in [1.29, 1.82) is 0 Å². The molecular formula is C36H28N4O5S. The summed E-state index contributed by atoms with van der Waals surface area (Å²) < 4.78 is 0. The molecule has 0 radical (unpaired) electrons. The Kier molecular flexibility index (Phi) is 10.3. The number of anilines is 3. The fourth-order valence-electron chi connectivity index (χ4n) is 4.54. The van der Waals surface area contributed by atoms with Crippen molar-refractivity contribution >= 4 is 58.3 Å². The Bertz CT molecular complexity index is 1840. The standard InChI is InChI=1S/C36H28N4O5S/c41-34(39(29-17-6-2-7-18-29)30-19-8-3-9-20-30)25-46-31-21-12-16-28(24-31)37-36(43)32(38-35(42)26-13-4-1-5-14-26)23-27-15-10-11-22-33(27)40(44)45/h1-24H,25H2,(H,37,43)(H,38,42)/b32-23+. The van der Waals surface area contributed by atoms with Gasteiger partial charge in [-0.3, -0.25) is 29.4 Å². The Hall–Kier alpha value is -6.00. The van der Waals surface area contributed by atoms with Crippen molar-refractivity contribution in [3.63, 3.8) is 0 Å². The molecule has 0 heterocycles. The molecule has 2 N–H and O–H groups in total. The van der Waals surface area contributed by atoms with E-state index < -0.39 is 16.7 Å². The van der Waals surface area contributed by atoms with Gasteiger partial charge in [-0.05, 0) is 66.7 Å². The van der Waals surface area contributed by atoms with Crippen LogP contribution in [0.25, 0.3) is 6.08 Å². The summed E-state index contributed by atoms with van der Waals surface area (Å²) >= 11 is 1.31. The lowest BCUT2D eigenvalue weighted by atomic mass is 10.1. The predicted molar refractivity (Wildman–Crippen MR) is 181 cm³/mol. The van der Waals surface area contributed by atoms with Gasteiger partial charge in [0.25, 0.3) is 17.5 Å². The van der Waals surface area contributed by atoms with E-state index in [0.29, 0.717) is 11.3 Å². The lowest BCUT2D eigenvalue weighted by molar-refractivity contribution is -0.385. The van der Waals surface area contributed by atoms with Crippen LogP contribution >= 0.6 is 11.8 Å². The normalized spacial score (nSPS) is 10.9. The minimum absolute atomic E-state index is 0.122. The number of benzene rings is 5. The van der Waals surface area contributed by atoms with E-state index in [0.717, 1.165) is 16.3 Å². The van der Waals surface area contributed by atoms with Crippen LogP contribution in [0, 0.1) is 10.1 Å². The summed E-state index contributed by atoms with van der Waals surface area (Å²) in [6.07, 6.45) is 1.27. The number of thioether (sulfide) groups is 1. The SMILES string of the molecule is O=C(Nc1cccc(SCC(=O)N(c2ccccc2)c2ccccc2)c1)/C(=C\c1ccccc1[N+](=O)[O-])NC(=O)c1ccccc1. The predicted octanol–water partition coefficient (Wildman–Crippen LogP) is 7.46. The molecule has 0 aliphatic heterocycles. The first-order valence-electron chi connectivity index (χ1n) is 14.2. The van der Waals surface area contributed by atoms with Gasteiger partial charge in [-0.25, -0.2) is 0 Å². The van der Waals surface area contributed by atoms with Gasteiger partial charge in [0, 0.05) is 33.6 Å². The minimum Gasteiger partial charge on any atom is -0.321 e. The van der Waals surface area contributed by atoms with Crippen LogP contribution in [0.3, 0.4) is 0 Å². The Morgan fingerprint density at radius 3 is 1.96 bits per heavy atom. The van der Waals surface area contributed by atoms with E-state index in [9.17, 15) is 24.5 Å². The highest BCUT2D eigenvalue weighted by atomic mass is 32.2. The molecule has 46 heavy (non-hydrogen) atoms. The molecule has 0 fully saturated rings. The van der Waals surface area contributed by atoms with E-state index in [4.69, 9.17) is 0 Å². The number of amides is 3. The molecule has 0 saturated heterocycles. The first kappa shape index (κ1) is 31.4. The summed E-state index contributed by atoms with van der Waals surface area (Å²) in [5, 5.41) is 17.0. The topological polar surface area (TPSA) is 122 Å². The largest absolute Gasteiger partial charge is 0.321 e. The molecule has 5 rings (SSSR count). The van der Waals surface area contributed by atoms with Gasteiger partial charge in [0.1, 0.15) is 5.70 Å². The van der Waals surface area contributed by atoms with Crippen LogP contribution in [0.4, 0.5) is 22.7 Å². The van der Waals surface area contributed by atoms with Crippen molar-refractivity contribution in [2.45, 2.75) is 4.90 Å². The number of nitro benzene ring substituents is 1. The van der Waals surface area contributed by atoms with E-state index in [1.807, 2.05) is 66.7 Å². The first-order valence-corrected chi connectivity index (χ1v) is 15.2. The average molecular weight is 629 g/mol. The maximum atomic E-state index is 13.5. The molecule has 9 nitrogen and oxygen atoms in total. The van der Waals surface area contributed by atoms with Crippen LogP contribution in [0.1, 0.15) is 15.9 Å². The lowest BCUT2D eigenvalue weighted by Crippen LogP contribution is -2.30. The van der Waals surface area contributed by atoms with Crippen LogP contribution in [0.2, 0.25) is 0 Å². The molecule has 0 aliphatic rings. The van der Waals surface area contributed by atoms with Crippen LogP contribution < -0.4 is 15.5 Å². The number of rotatable bonds is 11. The molecule has 0 aromatic heterocycles. The number of carbonyl (C=O) groups excluding carboxylic acids is 3. The van der Waals surface area contributed by atoms with Crippen molar-refractivity contribution in [2.24, 2.45) is 0 Å². The van der Waals surface area contributed by atoms with E-state index in [2.05, 4.69) is 10.6 Å². The molecule has 228 valence electrons. The molecule has 5 aromatic rings. The third-order valence-electron chi connectivity index (χ3n) is 6.69. The molecule has 0 aliphatic carbocycles. The third kappa shape index (κ3) is 8.13. The van der Waals surface area contributed by atoms with Crippen molar-refractivity contribution in [3.8, 4) is 0 Å². The number of nitrogens with zero attached hydrogens (tertiary/aromatic N) is 2. The Morgan fingerprint density at radius 1 is 0.739 bits per heavy atom. The Balaban J connectivity index is 1.34. The lowest BCUT2D eigenvalue weighted by Gasteiger charge is -2.23. The summed E-state index contributed by atoms with van der Waals surface area (Å²) in [5.41, 5.74) is 1.96. The average Bonchev–Trinajstić information content (AvgIpc) is 3.09. The zero-order chi connectivity index (χ0) is 32.3. The van der Waals surface area contributed by atoms with Crippen molar-refractivity contribution in [2.75, 3.05) is 16.0 Å². The molecule has 0 saturated carbocycles. The minimum atomic E-state index is -0.681. The van der Waals surface area contributed by atoms with Gasteiger partial charge in [-0.1, -0.05) is 72.8 Å². The van der Waals surface area contributed by atoms with Gasteiger partial charge >= 0.3 is 0 Å². The van der Waals surface area contributed by atoms with Crippen molar-refractivity contribution < 1.29 is 19.3 Å². The number of nitrogens with one attached hydrogen (secondary N) is 2. The van der Waals surface area contributed by atoms with E-state index >= 15 is 0 Å². The molecule has 0 atom stereocenters. The zero-order valence-electron chi connectivity index (χ0n) is 24.4. The highest BCUT2D eigenvalue weighted by molar-refractivity contribution is 8.00. The molecule has 10 heteroatoms. The van der Waals surface area contributed by atoms with Crippen molar-refractivity contribution in [1.82, 2.24) is 5.32 Å². The summed E-state index contributed by atoms with van der Waals surface area (Å²) in [6, 6.07) is 40.0. The molecule has 3 amide bonds. The Morgan fingerprint density at radius 2 is 1.33 bits per heavy atom. The maximum absolute atomic E-state index is 13.5. The summed E-state index contributed by atoms with van der Waals surface area (Å²) in [7, 11) is 0. The van der Waals surface area contributed by atoms with Crippen LogP contribution in [0.15, 0.2) is 150 Å². The number of carbonyl (C=O) groups is 3. The molecular weight excluding hydrogens is 600 g/mol. The third-order valence-corrected chi connectivity index (χ3v) is 7.67. The number of hydrogen-bond acceptors (Lipinski definition) is 6. The molecule has 0 unspecified atom stereocenters. The number of para-hydroxylation sites is 3. The highest BCUT2D eigenvalue weighted by Crippen LogP contribution is 2.29. The number of nitro groups is 1. The second-order valence-corrected chi connectivity index (χ2v) is 10.9. The van der Waals surface area contributed by atoms with Gasteiger partial charge in [0.05, 0.1) is 16.2 Å². The van der Waals surface area contributed by atoms with E-state index in [1.165, 1.54) is 36.0 Å². The highest BCUT2D eigenvalue weighted by Gasteiger charge is 2.20. The summed E-state index contributed by atoms with van der Waals surface area (Å²) in [6.45, 7) is 0. The summed E-state index contributed by atoms with van der Waals surface area (Å²) in [4.78, 5) is 53.4. The van der Waals surface area contributed by atoms with Crippen LogP contribution in [-0.2, 0) is 9.59 Å². The first-order chi connectivity index (χ1) is 22.4. The van der Waals surface area contributed by atoms with Gasteiger partial charge in [0.15, 0.2) is 0 Å². The smallest absolute Gasteiger partial charge is 0.276 e. The maximum Gasteiger partial charge on any atom is 0.276 e. The Labute approximate surface area is 269 Å². The fraction of sp³-hybridized carbons (Fsp3) is 0.0278. The summed E-state index contributed by atoms with van der Waals surface area (Å²) in [5.74, 6) is -1.24. The zero-order valence-corrected chi connectivity index (χ0v) is 25.2. The second-order valence-electron chi connectivity index (χ2n) is 9.86. The molecule has 0 spiro atoms. The molecule has 5 aromatic carbocycles. The van der Waals surface area contributed by atoms with Gasteiger partial charge in [-0.15, -0.1) is 11.8 Å². The number of hydrogen-bond donors (Lipinski definition) is 2. The second kappa shape index (κ2) is 15.1. The van der Waals surface area contributed by atoms with Gasteiger partial charge in [0.2, 0.25) is 5.91 Å². The van der Waals surface area contributed by atoms with Crippen LogP contribution in [0.5, 0.6) is 0 Å². The van der Waals surface area contributed by atoms with Gasteiger partial charge in [-0.2, -0.15) is 0 Å².